The molecule has 44 heavy (non-hydrogen) atoms. The summed E-state index contributed by atoms with van der Waals surface area (Å²) in [6.45, 7) is 15.1. The largest absolute Gasteiger partial charge is 0.363 e. The first-order chi connectivity index (χ1) is 21.1. The van der Waals surface area contributed by atoms with Crippen LogP contribution in [0.5, 0.6) is 0 Å². The molecule has 4 amide bonds. The molecule has 0 aliphatic rings. The zero-order chi connectivity index (χ0) is 33.7. The summed E-state index contributed by atoms with van der Waals surface area (Å²) in [7, 11) is 2.98. The lowest BCUT2D eigenvalue weighted by molar-refractivity contribution is -0.150. The summed E-state index contributed by atoms with van der Waals surface area (Å²) < 4.78 is 12.2. The molecular formula is C34H54N4O6. The van der Waals surface area contributed by atoms with Crippen molar-refractivity contribution in [3.05, 3.63) is 71.8 Å². The number of amides is 4. The van der Waals surface area contributed by atoms with Crippen molar-refractivity contribution in [2.45, 2.75) is 92.9 Å². The van der Waals surface area contributed by atoms with E-state index in [1.807, 2.05) is 88.4 Å². The maximum absolute atomic E-state index is 13.4. The maximum atomic E-state index is 13.4. The number of likely N-dealkylation sites (N-methyl/N-ethyl adjacent to an activating group) is 2. The van der Waals surface area contributed by atoms with Crippen molar-refractivity contribution in [3.8, 4) is 0 Å². The third-order valence-electron chi connectivity index (χ3n) is 6.84. The molecule has 0 aliphatic heterocycles. The number of benzene rings is 2. The van der Waals surface area contributed by atoms with E-state index in [0.717, 1.165) is 11.1 Å². The zero-order valence-electron chi connectivity index (χ0n) is 28.1. The predicted molar refractivity (Wildman–Crippen MR) is 174 cm³/mol. The van der Waals surface area contributed by atoms with Gasteiger partial charge in [-0.2, -0.15) is 0 Å². The van der Waals surface area contributed by atoms with Crippen molar-refractivity contribution in [2.24, 2.45) is 11.8 Å². The topological polar surface area (TPSA) is 135 Å². The van der Waals surface area contributed by atoms with E-state index in [4.69, 9.17) is 9.47 Å². The summed E-state index contributed by atoms with van der Waals surface area (Å²) in [6, 6.07) is 17.2. The molecule has 0 radical (unpaired) electrons. The van der Waals surface area contributed by atoms with Crippen molar-refractivity contribution in [3.63, 3.8) is 0 Å². The van der Waals surface area contributed by atoms with Gasteiger partial charge in [0, 0.05) is 14.1 Å². The van der Waals surface area contributed by atoms with E-state index < -0.39 is 47.9 Å². The van der Waals surface area contributed by atoms with Gasteiger partial charge in [0.25, 0.3) is 0 Å². The summed E-state index contributed by atoms with van der Waals surface area (Å²) in [4.78, 5) is 51.0. The third kappa shape index (κ3) is 13.7. The Hall–Kier alpha value is -3.76. The number of carbonyl (C=O) groups is 4. The minimum Gasteiger partial charge on any atom is -0.363 e. The van der Waals surface area contributed by atoms with Crippen molar-refractivity contribution >= 4 is 23.6 Å². The highest BCUT2D eigenvalue weighted by molar-refractivity contribution is 5.90. The fourth-order valence-electron chi connectivity index (χ4n) is 4.16. The van der Waals surface area contributed by atoms with Gasteiger partial charge in [-0.1, -0.05) is 102 Å². The smallest absolute Gasteiger partial charge is 0.250 e. The van der Waals surface area contributed by atoms with Gasteiger partial charge < -0.3 is 30.7 Å². The van der Waals surface area contributed by atoms with Crippen LogP contribution >= 0.6 is 0 Å². The summed E-state index contributed by atoms with van der Waals surface area (Å²) in [5.74, 6) is -2.70. The molecule has 4 N–H and O–H groups in total. The molecule has 2 aromatic rings. The van der Waals surface area contributed by atoms with Crippen LogP contribution in [0, 0.1) is 11.8 Å². The molecule has 246 valence electrons. The Balaban J connectivity index is 0.00000443. The van der Waals surface area contributed by atoms with Gasteiger partial charge >= 0.3 is 0 Å². The van der Waals surface area contributed by atoms with Gasteiger partial charge in [0.15, 0.2) is 0 Å². The molecule has 10 heteroatoms. The quantitative estimate of drug-likeness (QED) is 0.240. The number of rotatable bonds is 15. The van der Waals surface area contributed by atoms with Crippen molar-refractivity contribution in [2.75, 3.05) is 14.1 Å². The maximum Gasteiger partial charge on any atom is 0.250 e. The first-order valence-corrected chi connectivity index (χ1v) is 15.4. The Morgan fingerprint density at radius 1 is 0.545 bits per heavy atom. The molecule has 10 nitrogen and oxygen atoms in total. The second-order valence-electron chi connectivity index (χ2n) is 9.84. The van der Waals surface area contributed by atoms with Gasteiger partial charge in [-0.05, 0) is 36.8 Å². The van der Waals surface area contributed by atoms with E-state index in [1.54, 1.807) is 27.7 Å². The fraction of sp³-hybridized carbons (Fsp3) is 0.529. The average Bonchev–Trinajstić information content (AvgIpc) is 3.06. The molecule has 0 heterocycles. The van der Waals surface area contributed by atoms with Gasteiger partial charge in [0.05, 0.1) is 13.2 Å². The molecule has 2 aromatic carbocycles. The van der Waals surface area contributed by atoms with E-state index in [2.05, 4.69) is 21.3 Å². The highest BCUT2D eigenvalue weighted by Crippen LogP contribution is 2.26. The Morgan fingerprint density at radius 3 is 1.11 bits per heavy atom. The first-order valence-electron chi connectivity index (χ1n) is 15.4. The van der Waals surface area contributed by atoms with Crippen LogP contribution in [0.1, 0.15) is 66.5 Å². The average molecular weight is 615 g/mol. The number of hydrogen-bond acceptors (Lipinski definition) is 6. The number of hydrogen-bond donors (Lipinski definition) is 4. The highest BCUT2D eigenvalue weighted by Gasteiger charge is 2.38. The van der Waals surface area contributed by atoms with Crippen LogP contribution in [0.2, 0.25) is 0 Å². The van der Waals surface area contributed by atoms with E-state index in [9.17, 15) is 19.2 Å². The van der Waals surface area contributed by atoms with E-state index in [1.165, 1.54) is 14.1 Å². The molecule has 0 spiro atoms. The van der Waals surface area contributed by atoms with E-state index in [-0.39, 0.29) is 25.0 Å². The van der Waals surface area contributed by atoms with Gasteiger partial charge in [0.2, 0.25) is 23.6 Å². The standard InChI is InChI=1S/C30H42N4O6.2C2H6/c1-19(25(29(37)33-21(3)27(35)31-5)39-17-23-13-9-7-10-14-23)20(2)26(30(38)34-22(4)28(36)32-6)40-18-24-15-11-8-12-16-24;2*1-2/h7-16,19-22,25-26H,17-18H2,1-6H3,(H,31,35)(H,32,36)(H,33,37)(H,34,38);2*1-2H3. The van der Waals surface area contributed by atoms with Crippen LogP contribution in [-0.4, -0.2) is 62.0 Å². The normalized spacial score (nSPS) is 14.3. The Bertz CT molecular complexity index is 1010. The second-order valence-corrected chi connectivity index (χ2v) is 9.84. The van der Waals surface area contributed by atoms with Crippen LogP contribution in [0.3, 0.4) is 0 Å². The molecule has 0 bridgehead atoms. The molecular weight excluding hydrogens is 560 g/mol. The van der Waals surface area contributed by atoms with Crippen molar-refractivity contribution in [1.29, 1.82) is 0 Å². The van der Waals surface area contributed by atoms with Crippen LogP contribution in [0.4, 0.5) is 0 Å². The fourth-order valence-corrected chi connectivity index (χ4v) is 4.16. The summed E-state index contributed by atoms with van der Waals surface area (Å²) in [5.41, 5.74) is 1.74. The zero-order valence-corrected chi connectivity index (χ0v) is 28.1. The van der Waals surface area contributed by atoms with Crippen LogP contribution in [0.15, 0.2) is 60.7 Å². The van der Waals surface area contributed by atoms with E-state index in [0.29, 0.717) is 0 Å². The third-order valence-corrected chi connectivity index (χ3v) is 6.84. The van der Waals surface area contributed by atoms with Gasteiger partial charge in [-0.3, -0.25) is 19.2 Å². The predicted octanol–water partition coefficient (Wildman–Crippen LogP) is 3.98. The Labute approximate surface area is 264 Å². The van der Waals surface area contributed by atoms with Crippen LogP contribution in [0.25, 0.3) is 0 Å². The van der Waals surface area contributed by atoms with Crippen molar-refractivity contribution < 1.29 is 28.7 Å². The Morgan fingerprint density at radius 2 is 0.841 bits per heavy atom. The van der Waals surface area contributed by atoms with Crippen LogP contribution < -0.4 is 21.3 Å². The van der Waals surface area contributed by atoms with Crippen LogP contribution in [-0.2, 0) is 41.9 Å². The molecule has 0 fully saturated rings. The molecule has 6 unspecified atom stereocenters. The van der Waals surface area contributed by atoms with E-state index >= 15 is 0 Å². The summed E-state index contributed by atoms with van der Waals surface area (Å²) in [6.07, 6.45) is -2.01. The lowest BCUT2D eigenvalue weighted by atomic mass is 9.85. The molecule has 2 rings (SSSR count). The van der Waals surface area contributed by atoms with Gasteiger partial charge in [-0.25, -0.2) is 0 Å². The highest BCUT2D eigenvalue weighted by atomic mass is 16.5. The minimum absolute atomic E-state index is 0.153. The molecule has 0 aliphatic carbocycles. The number of nitrogens with one attached hydrogen (secondary N) is 4. The SMILES string of the molecule is CC.CC.CNC(=O)C(C)NC(=O)C(OCc1ccccc1)C(C)C(C)C(OCc1ccccc1)C(=O)NC(C)C(=O)NC. The number of ether oxygens (including phenoxy) is 2. The molecule has 0 aromatic heterocycles. The lowest BCUT2D eigenvalue weighted by Gasteiger charge is -2.33. The monoisotopic (exact) mass is 614 g/mol. The Kier molecular flexibility index (Phi) is 20.8. The molecule has 6 atom stereocenters. The summed E-state index contributed by atoms with van der Waals surface area (Å²) >= 11 is 0. The molecule has 0 saturated carbocycles. The van der Waals surface area contributed by atoms with Gasteiger partial charge in [0.1, 0.15) is 24.3 Å². The summed E-state index contributed by atoms with van der Waals surface area (Å²) in [5, 5.41) is 10.5. The van der Waals surface area contributed by atoms with Crippen molar-refractivity contribution in [1.82, 2.24) is 21.3 Å². The minimum atomic E-state index is -1.01. The molecule has 0 saturated heterocycles. The van der Waals surface area contributed by atoms with Gasteiger partial charge in [-0.15, -0.1) is 0 Å². The first kappa shape index (κ1) is 40.2. The second kappa shape index (κ2) is 22.7. The lowest BCUT2D eigenvalue weighted by Crippen LogP contribution is -2.53. The number of carbonyl (C=O) groups excluding carboxylic acids is 4.